The van der Waals surface area contributed by atoms with Gasteiger partial charge in [0.05, 0.1) is 0 Å². The smallest absolute Gasteiger partial charge is 0.0360 e. The Morgan fingerprint density at radius 1 is 0.950 bits per heavy atom. The van der Waals surface area contributed by atoms with Crippen molar-refractivity contribution in [3.05, 3.63) is 70.8 Å². The number of rotatable bonds is 1. The summed E-state index contributed by atoms with van der Waals surface area (Å²) in [7, 11) is 0. The molecule has 0 aromatic heterocycles. The lowest BCUT2D eigenvalue weighted by Crippen LogP contribution is -2.32. The first-order valence-corrected chi connectivity index (χ1v) is 7.73. The van der Waals surface area contributed by atoms with Crippen molar-refractivity contribution in [3.63, 3.8) is 0 Å². The molecule has 0 amide bonds. The highest BCUT2D eigenvalue weighted by Crippen LogP contribution is 2.51. The largest absolute Gasteiger partial charge is 0.310 e. The van der Waals surface area contributed by atoms with Gasteiger partial charge in [0.15, 0.2) is 0 Å². The Balaban J connectivity index is 1.83. The Kier molecular flexibility index (Phi) is 2.89. The summed E-state index contributed by atoms with van der Waals surface area (Å²) in [6.45, 7) is 3.33. The summed E-state index contributed by atoms with van der Waals surface area (Å²) in [5.74, 6) is 1.30. The number of aryl methyl sites for hydroxylation is 1. The molecule has 4 rings (SSSR count). The van der Waals surface area contributed by atoms with Crippen LogP contribution in [-0.4, -0.2) is 6.54 Å². The number of hydrogen-bond donors (Lipinski definition) is 1. The first-order valence-electron chi connectivity index (χ1n) is 7.73. The van der Waals surface area contributed by atoms with E-state index in [2.05, 4.69) is 60.8 Å². The summed E-state index contributed by atoms with van der Waals surface area (Å²) in [5.41, 5.74) is 5.90. The summed E-state index contributed by atoms with van der Waals surface area (Å²) >= 11 is 0. The van der Waals surface area contributed by atoms with Gasteiger partial charge in [0.25, 0.3) is 0 Å². The third kappa shape index (κ3) is 1.81. The normalized spacial score (nSPS) is 27.9. The van der Waals surface area contributed by atoms with Gasteiger partial charge in [0, 0.05) is 12.0 Å². The van der Waals surface area contributed by atoms with Crippen LogP contribution in [0.4, 0.5) is 0 Å². The molecule has 0 radical (unpaired) electrons. The minimum absolute atomic E-state index is 0.561. The second kappa shape index (κ2) is 4.75. The van der Waals surface area contributed by atoms with Crippen LogP contribution in [0.25, 0.3) is 0 Å². The van der Waals surface area contributed by atoms with E-state index >= 15 is 0 Å². The van der Waals surface area contributed by atoms with Crippen molar-refractivity contribution >= 4 is 0 Å². The van der Waals surface area contributed by atoms with E-state index in [-0.39, 0.29) is 0 Å². The van der Waals surface area contributed by atoms with Crippen LogP contribution in [-0.2, 0) is 0 Å². The number of hydrogen-bond acceptors (Lipinski definition) is 1. The summed E-state index contributed by atoms with van der Waals surface area (Å²) in [5, 5.41) is 3.75. The van der Waals surface area contributed by atoms with Crippen molar-refractivity contribution in [2.75, 3.05) is 6.54 Å². The van der Waals surface area contributed by atoms with Crippen molar-refractivity contribution in [1.82, 2.24) is 5.32 Å². The minimum Gasteiger partial charge on any atom is -0.310 e. The topological polar surface area (TPSA) is 12.0 Å². The number of benzene rings is 2. The molecule has 0 saturated carbocycles. The zero-order valence-electron chi connectivity index (χ0n) is 12.0. The Labute approximate surface area is 121 Å². The quantitative estimate of drug-likeness (QED) is 0.814. The Morgan fingerprint density at radius 3 is 2.50 bits per heavy atom. The lowest BCUT2D eigenvalue weighted by atomic mass is 9.80. The van der Waals surface area contributed by atoms with Gasteiger partial charge in [0.2, 0.25) is 0 Å². The van der Waals surface area contributed by atoms with Crippen LogP contribution >= 0.6 is 0 Å². The number of nitrogens with one attached hydrogen (secondary N) is 1. The Morgan fingerprint density at radius 2 is 1.70 bits per heavy atom. The summed E-state index contributed by atoms with van der Waals surface area (Å²) in [4.78, 5) is 0. The van der Waals surface area contributed by atoms with Gasteiger partial charge in [-0.05, 0) is 48.9 Å². The van der Waals surface area contributed by atoms with Gasteiger partial charge in [-0.3, -0.25) is 0 Å². The van der Waals surface area contributed by atoms with E-state index in [4.69, 9.17) is 0 Å². The molecule has 102 valence electrons. The third-order valence-corrected chi connectivity index (χ3v) is 5.04. The van der Waals surface area contributed by atoms with Crippen LogP contribution in [0.1, 0.15) is 47.1 Å². The van der Waals surface area contributed by atoms with Crippen molar-refractivity contribution in [1.29, 1.82) is 0 Å². The predicted octanol–water partition coefficient (Wildman–Crippen LogP) is 4.18. The SMILES string of the molecule is Cc1ccc([C@@H]2c3ccccc3[C@H]3NCCC[C@@H]23)cc1. The molecule has 2 aliphatic rings. The fourth-order valence-electron chi connectivity index (χ4n) is 4.12. The van der Waals surface area contributed by atoms with Gasteiger partial charge in [-0.1, -0.05) is 54.1 Å². The second-order valence-electron chi connectivity index (χ2n) is 6.26. The van der Waals surface area contributed by atoms with Gasteiger partial charge in [-0.2, -0.15) is 0 Å². The molecule has 2 aromatic carbocycles. The van der Waals surface area contributed by atoms with Gasteiger partial charge in [0.1, 0.15) is 0 Å². The highest BCUT2D eigenvalue weighted by molar-refractivity contribution is 5.46. The van der Waals surface area contributed by atoms with Crippen molar-refractivity contribution < 1.29 is 0 Å². The second-order valence-corrected chi connectivity index (χ2v) is 6.26. The van der Waals surface area contributed by atoms with Gasteiger partial charge in [-0.15, -0.1) is 0 Å². The van der Waals surface area contributed by atoms with Crippen LogP contribution in [0, 0.1) is 12.8 Å². The number of piperidine rings is 1. The van der Waals surface area contributed by atoms with Crippen molar-refractivity contribution in [3.8, 4) is 0 Å². The van der Waals surface area contributed by atoms with Crippen LogP contribution < -0.4 is 5.32 Å². The number of fused-ring (bicyclic) bond motifs is 3. The van der Waals surface area contributed by atoms with E-state index in [1.165, 1.54) is 29.5 Å². The van der Waals surface area contributed by atoms with E-state index in [9.17, 15) is 0 Å². The molecule has 1 aliphatic carbocycles. The van der Waals surface area contributed by atoms with E-state index in [1.807, 2.05) is 0 Å². The molecule has 1 saturated heterocycles. The Hall–Kier alpha value is -1.60. The lowest BCUT2D eigenvalue weighted by molar-refractivity contribution is 0.287. The van der Waals surface area contributed by atoms with E-state index in [0.717, 1.165) is 12.5 Å². The zero-order chi connectivity index (χ0) is 13.5. The van der Waals surface area contributed by atoms with Crippen molar-refractivity contribution in [2.45, 2.75) is 31.7 Å². The molecule has 1 N–H and O–H groups in total. The predicted molar refractivity (Wildman–Crippen MR) is 82.9 cm³/mol. The highest BCUT2D eigenvalue weighted by Gasteiger charge is 2.41. The maximum Gasteiger partial charge on any atom is 0.0360 e. The molecule has 1 fully saturated rings. The highest BCUT2D eigenvalue weighted by atomic mass is 14.9. The molecule has 0 bridgehead atoms. The van der Waals surface area contributed by atoms with Gasteiger partial charge >= 0.3 is 0 Å². The average Bonchev–Trinajstić information content (AvgIpc) is 2.83. The fraction of sp³-hybridized carbons (Fsp3) is 0.368. The summed E-state index contributed by atoms with van der Waals surface area (Å²) in [6, 6.07) is 18.7. The van der Waals surface area contributed by atoms with E-state index in [1.54, 1.807) is 5.56 Å². The van der Waals surface area contributed by atoms with Crippen molar-refractivity contribution in [2.24, 2.45) is 5.92 Å². The zero-order valence-corrected chi connectivity index (χ0v) is 12.0. The van der Waals surface area contributed by atoms with E-state index < -0.39 is 0 Å². The molecule has 1 heterocycles. The third-order valence-electron chi connectivity index (χ3n) is 5.04. The standard InChI is InChI=1S/C19H21N/c1-13-8-10-14(11-9-13)18-15-5-2-3-6-16(15)19-17(18)7-4-12-20-19/h2-3,5-6,8-11,17-20H,4,7,12H2,1H3/t17-,18+,19+/m0/s1. The van der Waals surface area contributed by atoms with Crippen LogP contribution in [0.5, 0.6) is 0 Å². The van der Waals surface area contributed by atoms with Gasteiger partial charge in [-0.25, -0.2) is 0 Å². The molecule has 1 nitrogen and oxygen atoms in total. The van der Waals surface area contributed by atoms with Gasteiger partial charge < -0.3 is 5.32 Å². The molecule has 1 heteroatoms. The van der Waals surface area contributed by atoms with E-state index in [0.29, 0.717) is 12.0 Å². The molecule has 0 unspecified atom stereocenters. The summed E-state index contributed by atoms with van der Waals surface area (Å²) < 4.78 is 0. The summed E-state index contributed by atoms with van der Waals surface area (Å²) in [6.07, 6.45) is 2.64. The lowest BCUT2D eigenvalue weighted by Gasteiger charge is -2.31. The molecule has 1 aliphatic heterocycles. The Bertz CT molecular complexity index is 614. The molecular formula is C19H21N. The molecule has 2 aromatic rings. The molecule has 3 atom stereocenters. The maximum atomic E-state index is 3.75. The first-order chi connectivity index (χ1) is 9.84. The average molecular weight is 263 g/mol. The molecular weight excluding hydrogens is 242 g/mol. The molecule has 0 spiro atoms. The maximum absolute atomic E-state index is 3.75. The monoisotopic (exact) mass is 263 g/mol. The van der Waals surface area contributed by atoms with Crippen LogP contribution in [0.2, 0.25) is 0 Å². The first kappa shape index (κ1) is 12.2. The fourth-order valence-corrected chi connectivity index (χ4v) is 4.12. The van der Waals surface area contributed by atoms with Crippen LogP contribution in [0.3, 0.4) is 0 Å². The minimum atomic E-state index is 0.561. The van der Waals surface area contributed by atoms with Crippen LogP contribution in [0.15, 0.2) is 48.5 Å². The molecule has 20 heavy (non-hydrogen) atoms.